The summed E-state index contributed by atoms with van der Waals surface area (Å²) >= 11 is 1.24. The maximum absolute atomic E-state index is 11.5. The van der Waals surface area contributed by atoms with E-state index in [1.165, 1.54) is 11.8 Å². The molecule has 0 unspecified atom stereocenters. The Balaban J connectivity index is 2.32. The van der Waals surface area contributed by atoms with E-state index in [0.29, 0.717) is 5.03 Å². The standard InChI is InChI=1S/C16H18N2O2S/c1-10(2)15-17-11(3)9-13(18-15)21-14(16(19)20)12-7-5-4-6-8-12/h4-10,14H,1-3H3,(H,19,20)/t14-/m1/s1. The smallest absolute Gasteiger partial charge is 0.321 e. The molecule has 4 nitrogen and oxygen atoms in total. The number of carbonyl (C=O) groups is 1. The number of nitrogens with zero attached hydrogens (tertiary/aromatic N) is 2. The second kappa shape index (κ2) is 6.72. The van der Waals surface area contributed by atoms with E-state index >= 15 is 0 Å². The molecule has 0 amide bonds. The molecule has 0 saturated heterocycles. The van der Waals surface area contributed by atoms with Gasteiger partial charge >= 0.3 is 5.97 Å². The van der Waals surface area contributed by atoms with E-state index in [0.717, 1.165) is 17.1 Å². The first-order chi connectivity index (χ1) is 9.97. The first-order valence-corrected chi connectivity index (χ1v) is 7.65. The van der Waals surface area contributed by atoms with E-state index in [-0.39, 0.29) is 5.92 Å². The summed E-state index contributed by atoms with van der Waals surface area (Å²) in [6.07, 6.45) is 0. The second-order valence-electron chi connectivity index (χ2n) is 5.11. The third-order valence-electron chi connectivity index (χ3n) is 2.93. The molecule has 0 radical (unpaired) electrons. The Labute approximate surface area is 128 Å². The second-order valence-corrected chi connectivity index (χ2v) is 6.23. The van der Waals surface area contributed by atoms with Gasteiger partial charge in [0, 0.05) is 11.6 Å². The predicted octanol–water partition coefficient (Wildman–Crippen LogP) is 3.83. The molecule has 1 N–H and O–H groups in total. The molecule has 1 aromatic heterocycles. The number of benzene rings is 1. The molecule has 0 aliphatic carbocycles. The molecule has 1 heterocycles. The summed E-state index contributed by atoms with van der Waals surface area (Å²) in [6.45, 7) is 5.94. The fourth-order valence-corrected chi connectivity index (χ4v) is 2.91. The molecular weight excluding hydrogens is 284 g/mol. The van der Waals surface area contributed by atoms with Crippen LogP contribution in [-0.2, 0) is 4.79 Å². The van der Waals surface area contributed by atoms with Gasteiger partial charge in [-0.05, 0) is 18.6 Å². The van der Waals surface area contributed by atoms with Crippen molar-refractivity contribution in [1.82, 2.24) is 9.97 Å². The van der Waals surface area contributed by atoms with Crippen LogP contribution >= 0.6 is 11.8 Å². The van der Waals surface area contributed by atoms with E-state index < -0.39 is 11.2 Å². The van der Waals surface area contributed by atoms with E-state index in [1.54, 1.807) is 0 Å². The van der Waals surface area contributed by atoms with Crippen molar-refractivity contribution in [3.05, 3.63) is 53.5 Å². The third-order valence-corrected chi connectivity index (χ3v) is 4.09. The first-order valence-electron chi connectivity index (χ1n) is 6.77. The van der Waals surface area contributed by atoms with Crippen molar-refractivity contribution in [3.8, 4) is 0 Å². The normalized spacial score (nSPS) is 12.4. The minimum Gasteiger partial charge on any atom is -0.480 e. The molecule has 0 bridgehead atoms. The van der Waals surface area contributed by atoms with Crippen molar-refractivity contribution in [3.63, 3.8) is 0 Å². The number of rotatable bonds is 5. The van der Waals surface area contributed by atoms with Crippen LogP contribution in [0.15, 0.2) is 41.4 Å². The molecule has 2 aromatic rings. The predicted molar refractivity (Wildman–Crippen MR) is 83.5 cm³/mol. The van der Waals surface area contributed by atoms with Gasteiger partial charge in [0.25, 0.3) is 0 Å². The zero-order chi connectivity index (χ0) is 15.4. The van der Waals surface area contributed by atoms with Gasteiger partial charge < -0.3 is 5.11 Å². The highest BCUT2D eigenvalue weighted by atomic mass is 32.2. The van der Waals surface area contributed by atoms with Crippen LogP contribution in [0.4, 0.5) is 0 Å². The SMILES string of the molecule is Cc1cc(S[C@@H](C(=O)O)c2ccccc2)nc(C(C)C)n1. The van der Waals surface area contributed by atoms with Crippen LogP contribution in [0.5, 0.6) is 0 Å². The Hall–Kier alpha value is -1.88. The molecule has 21 heavy (non-hydrogen) atoms. The van der Waals surface area contributed by atoms with Gasteiger partial charge in [-0.2, -0.15) is 0 Å². The molecule has 5 heteroatoms. The van der Waals surface area contributed by atoms with Crippen LogP contribution in [0.3, 0.4) is 0 Å². The summed E-state index contributed by atoms with van der Waals surface area (Å²) in [6, 6.07) is 11.0. The lowest BCUT2D eigenvalue weighted by molar-refractivity contribution is -0.136. The van der Waals surface area contributed by atoms with Crippen LogP contribution in [-0.4, -0.2) is 21.0 Å². The van der Waals surface area contributed by atoms with Gasteiger partial charge in [0.2, 0.25) is 0 Å². The Bertz CT molecular complexity index is 629. The van der Waals surface area contributed by atoms with Crippen molar-refractivity contribution in [2.45, 2.75) is 37.0 Å². The fraction of sp³-hybridized carbons (Fsp3) is 0.312. The lowest BCUT2D eigenvalue weighted by Gasteiger charge is -2.13. The van der Waals surface area contributed by atoms with Gasteiger partial charge in [0.1, 0.15) is 16.1 Å². The fourth-order valence-electron chi connectivity index (χ4n) is 1.89. The lowest BCUT2D eigenvalue weighted by Crippen LogP contribution is -2.09. The number of aryl methyl sites for hydroxylation is 1. The minimum absolute atomic E-state index is 0.212. The quantitative estimate of drug-likeness (QED) is 0.672. The van der Waals surface area contributed by atoms with E-state index in [2.05, 4.69) is 9.97 Å². The number of aromatic nitrogens is 2. The first kappa shape index (κ1) is 15.5. The zero-order valence-electron chi connectivity index (χ0n) is 12.3. The number of carboxylic acid groups (broad SMARTS) is 1. The molecule has 0 aliphatic rings. The zero-order valence-corrected chi connectivity index (χ0v) is 13.1. The van der Waals surface area contributed by atoms with Crippen molar-refractivity contribution >= 4 is 17.7 Å². The van der Waals surface area contributed by atoms with Crippen molar-refractivity contribution in [2.24, 2.45) is 0 Å². The number of thioether (sulfide) groups is 1. The summed E-state index contributed by atoms with van der Waals surface area (Å²) < 4.78 is 0. The van der Waals surface area contributed by atoms with Gasteiger partial charge in [0.15, 0.2) is 0 Å². The van der Waals surface area contributed by atoms with Crippen LogP contribution in [0.2, 0.25) is 0 Å². The average Bonchev–Trinajstić information content (AvgIpc) is 2.44. The third kappa shape index (κ3) is 4.04. The largest absolute Gasteiger partial charge is 0.480 e. The topological polar surface area (TPSA) is 63.1 Å². The van der Waals surface area contributed by atoms with Crippen LogP contribution in [0.1, 0.15) is 42.1 Å². The summed E-state index contributed by atoms with van der Waals surface area (Å²) in [5.74, 6) is 0.0903. The summed E-state index contributed by atoms with van der Waals surface area (Å²) in [7, 11) is 0. The number of hydrogen-bond acceptors (Lipinski definition) is 4. The summed E-state index contributed by atoms with van der Waals surface area (Å²) in [5, 5.41) is 9.50. The highest BCUT2D eigenvalue weighted by molar-refractivity contribution is 8.00. The highest BCUT2D eigenvalue weighted by Crippen LogP contribution is 2.35. The van der Waals surface area contributed by atoms with Gasteiger partial charge in [-0.25, -0.2) is 9.97 Å². The van der Waals surface area contributed by atoms with Gasteiger partial charge in [-0.3, -0.25) is 4.79 Å². The van der Waals surface area contributed by atoms with Crippen LogP contribution in [0, 0.1) is 6.92 Å². The number of carboxylic acids is 1. The molecule has 2 rings (SSSR count). The average molecular weight is 302 g/mol. The molecule has 1 atom stereocenters. The molecule has 0 fully saturated rings. The number of aliphatic carboxylic acids is 1. The molecule has 0 spiro atoms. The van der Waals surface area contributed by atoms with E-state index in [1.807, 2.05) is 57.2 Å². The van der Waals surface area contributed by atoms with Crippen molar-refractivity contribution < 1.29 is 9.90 Å². The van der Waals surface area contributed by atoms with Gasteiger partial charge in [-0.1, -0.05) is 55.9 Å². The van der Waals surface area contributed by atoms with E-state index in [4.69, 9.17) is 0 Å². The van der Waals surface area contributed by atoms with E-state index in [9.17, 15) is 9.90 Å². The molecule has 110 valence electrons. The number of hydrogen-bond donors (Lipinski definition) is 1. The molecule has 0 aliphatic heterocycles. The monoisotopic (exact) mass is 302 g/mol. The van der Waals surface area contributed by atoms with Crippen LogP contribution < -0.4 is 0 Å². The molecule has 0 saturated carbocycles. The summed E-state index contributed by atoms with van der Waals surface area (Å²) in [4.78, 5) is 20.4. The maximum Gasteiger partial charge on any atom is 0.321 e. The van der Waals surface area contributed by atoms with Crippen LogP contribution in [0.25, 0.3) is 0 Å². The maximum atomic E-state index is 11.5. The Morgan fingerprint density at radius 1 is 1.19 bits per heavy atom. The Kier molecular flexibility index (Phi) is 4.96. The van der Waals surface area contributed by atoms with Gasteiger partial charge in [-0.15, -0.1) is 0 Å². The van der Waals surface area contributed by atoms with Crippen molar-refractivity contribution in [2.75, 3.05) is 0 Å². The molecular formula is C16H18N2O2S. The minimum atomic E-state index is -0.867. The van der Waals surface area contributed by atoms with Gasteiger partial charge in [0.05, 0.1) is 0 Å². The lowest BCUT2D eigenvalue weighted by atomic mass is 10.1. The Morgan fingerprint density at radius 2 is 1.86 bits per heavy atom. The molecule has 1 aromatic carbocycles. The Morgan fingerprint density at radius 3 is 2.43 bits per heavy atom. The van der Waals surface area contributed by atoms with Crippen molar-refractivity contribution in [1.29, 1.82) is 0 Å². The highest BCUT2D eigenvalue weighted by Gasteiger charge is 2.22. The summed E-state index contributed by atoms with van der Waals surface area (Å²) in [5.41, 5.74) is 1.62.